The van der Waals surface area contributed by atoms with Crippen LogP contribution in [0.15, 0.2) is 0 Å². The highest BCUT2D eigenvalue weighted by Crippen LogP contribution is 2.29. The molecule has 120 valence electrons. The van der Waals surface area contributed by atoms with Crippen molar-refractivity contribution >= 4 is 17.9 Å². The van der Waals surface area contributed by atoms with Gasteiger partial charge < -0.3 is 21.1 Å². The average molecular weight is 299 g/mol. The van der Waals surface area contributed by atoms with Crippen LogP contribution in [0.25, 0.3) is 0 Å². The molecule has 0 aliphatic heterocycles. The van der Waals surface area contributed by atoms with Gasteiger partial charge in [0.05, 0.1) is 0 Å². The predicted octanol–water partition coefficient (Wildman–Crippen LogP) is 0.844. The van der Waals surface area contributed by atoms with Crippen molar-refractivity contribution in [3.05, 3.63) is 0 Å². The molecule has 0 heterocycles. The molecule has 0 radical (unpaired) electrons. The van der Waals surface area contributed by atoms with Gasteiger partial charge >= 0.3 is 12.0 Å². The third-order valence-corrected chi connectivity index (χ3v) is 3.64. The first-order valence-electron chi connectivity index (χ1n) is 7.36. The zero-order chi connectivity index (χ0) is 16.0. The molecular formula is C14H25N3O4. The summed E-state index contributed by atoms with van der Waals surface area (Å²) in [6, 6.07) is -1.33. The van der Waals surface area contributed by atoms with Gasteiger partial charge in [-0.3, -0.25) is 4.79 Å². The van der Waals surface area contributed by atoms with Gasteiger partial charge in [0.1, 0.15) is 11.6 Å². The van der Waals surface area contributed by atoms with Gasteiger partial charge in [0.25, 0.3) is 0 Å². The lowest BCUT2D eigenvalue weighted by molar-refractivity contribution is -0.144. The quantitative estimate of drug-likeness (QED) is 0.583. The molecule has 21 heavy (non-hydrogen) atoms. The van der Waals surface area contributed by atoms with Gasteiger partial charge in [-0.25, -0.2) is 9.59 Å². The molecule has 0 bridgehead atoms. The maximum atomic E-state index is 11.9. The highest BCUT2D eigenvalue weighted by atomic mass is 16.4. The van der Waals surface area contributed by atoms with E-state index in [9.17, 15) is 19.5 Å². The minimum Gasteiger partial charge on any atom is -0.480 e. The van der Waals surface area contributed by atoms with E-state index in [0.29, 0.717) is 25.3 Å². The first-order valence-corrected chi connectivity index (χ1v) is 7.36. The van der Waals surface area contributed by atoms with Crippen LogP contribution >= 0.6 is 0 Å². The third kappa shape index (κ3) is 4.91. The Morgan fingerprint density at radius 3 is 2.19 bits per heavy atom. The zero-order valence-corrected chi connectivity index (χ0v) is 12.9. The minimum absolute atomic E-state index is 0.283. The fourth-order valence-electron chi connectivity index (χ4n) is 2.34. The van der Waals surface area contributed by atoms with E-state index in [2.05, 4.69) is 16.0 Å². The van der Waals surface area contributed by atoms with Crippen molar-refractivity contribution in [3.63, 3.8) is 0 Å². The van der Waals surface area contributed by atoms with Crippen molar-refractivity contribution in [3.8, 4) is 0 Å². The number of carbonyl (C=O) groups excluding carboxylic acids is 2. The molecule has 1 rings (SSSR count). The molecule has 1 fully saturated rings. The van der Waals surface area contributed by atoms with Gasteiger partial charge in [-0.1, -0.05) is 26.7 Å². The molecule has 0 spiro atoms. The van der Waals surface area contributed by atoms with E-state index in [4.69, 9.17) is 0 Å². The second-order valence-electron chi connectivity index (χ2n) is 6.05. The maximum absolute atomic E-state index is 11.9. The molecule has 1 unspecified atom stereocenters. The van der Waals surface area contributed by atoms with Crippen LogP contribution < -0.4 is 16.0 Å². The Bertz CT molecular complexity index is 403. The molecule has 7 nitrogen and oxygen atoms in total. The number of carboxylic acids is 1. The lowest BCUT2D eigenvalue weighted by atomic mass is 9.98. The first-order chi connectivity index (χ1) is 9.77. The second-order valence-corrected chi connectivity index (χ2v) is 6.05. The molecule has 1 atom stereocenters. The van der Waals surface area contributed by atoms with Gasteiger partial charge in [-0.15, -0.1) is 0 Å². The summed E-state index contributed by atoms with van der Waals surface area (Å²) in [6.45, 7) is 6.05. The average Bonchev–Trinajstić information content (AvgIpc) is 2.85. The van der Waals surface area contributed by atoms with Crippen LogP contribution in [0.2, 0.25) is 0 Å². The molecule has 0 aromatic rings. The first kappa shape index (κ1) is 17.3. The summed E-state index contributed by atoms with van der Waals surface area (Å²) < 4.78 is 0. The molecule has 1 saturated carbocycles. The lowest BCUT2D eigenvalue weighted by Gasteiger charge is -2.26. The summed E-state index contributed by atoms with van der Waals surface area (Å²) in [6.07, 6.45) is 2.39. The second kappa shape index (κ2) is 7.28. The van der Waals surface area contributed by atoms with Crippen LogP contribution in [-0.4, -0.2) is 41.1 Å². The van der Waals surface area contributed by atoms with Crippen LogP contribution in [-0.2, 0) is 9.59 Å². The van der Waals surface area contributed by atoms with Crippen LogP contribution in [0.5, 0.6) is 0 Å². The zero-order valence-electron chi connectivity index (χ0n) is 12.9. The Balaban J connectivity index is 2.49. The van der Waals surface area contributed by atoms with E-state index in [1.54, 1.807) is 6.92 Å². The number of amides is 3. The van der Waals surface area contributed by atoms with E-state index >= 15 is 0 Å². The molecule has 7 heteroatoms. The van der Waals surface area contributed by atoms with Crippen molar-refractivity contribution in [2.24, 2.45) is 5.92 Å². The molecule has 0 aromatic carbocycles. The monoisotopic (exact) mass is 299 g/mol. The number of nitrogens with one attached hydrogen (secondary N) is 3. The number of hydrogen-bond acceptors (Lipinski definition) is 3. The van der Waals surface area contributed by atoms with Crippen molar-refractivity contribution in [1.29, 1.82) is 0 Å². The third-order valence-electron chi connectivity index (χ3n) is 3.64. The summed E-state index contributed by atoms with van der Waals surface area (Å²) in [5, 5.41) is 17.0. The van der Waals surface area contributed by atoms with Crippen LogP contribution in [0, 0.1) is 5.92 Å². The van der Waals surface area contributed by atoms with Gasteiger partial charge in [0.15, 0.2) is 0 Å². The lowest BCUT2D eigenvalue weighted by Crippen LogP contribution is -2.58. The van der Waals surface area contributed by atoms with Crippen molar-refractivity contribution in [1.82, 2.24) is 16.0 Å². The smallest absolute Gasteiger partial charge is 0.329 e. The Kier molecular flexibility index (Phi) is 5.99. The van der Waals surface area contributed by atoms with Gasteiger partial charge in [-0.2, -0.15) is 0 Å². The highest BCUT2D eigenvalue weighted by Gasteiger charge is 2.42. The Hall–Kier alpha value is -1.79. The van der Waals surface area contributed by atoms with Gasteiger partial charge in [-0.05, 0) is 25.7 Å². The molecule has 0 aromatic heterocycles. The summed E-state index contributed by atoms with van der Waals surface area (Å²) >= 11 is 0. The molecule has 0 saturated heterocycles. The number of hydrogen-bond donors (Lipinski definition) is 4. The molecule has 4 N–H and O–H groups in total. The summed E-state index contributed by atoms with van der Waals surface area (Å²) in [7, 11) is 0. The van der Waals surface area contributed by atoms with Gasteiger partial charge in [0.2, 0.25) is 5.91 Å². The number of aliphatic carboxylic acids is 1. The van der Waals surface area contributed by atoms with E-state index in [1.165, 1.54) is 0 Å². The highest BCUT2D eigenvalue weighted by molar-refractivity contribution is 5.90. The van der Waals surface area contributed by atoms with Gasteiger partial charge in [0, 0.05) is 6.54 Å². The number of carbonyl (C=O) groups is 3. The predicted molar refractivity (Wildman–Crippen MR) is 77.8 cm³/mol. The van der Waals surface area contributed by atoms with Crippen molar-refractivity contribution in [2.75, 3.05) is 6.54 Å². The van der Waals surface area contributed by atoms with Crippen LogP contribution in [0.3, 0.4) is 0 Å². The molecular weight excluding hydrogens is 274 g/mol. The Labute approximate surface area is 124 Å². The topological polar surface area (TPSA) is 108 Å². The number of urea groups is 1. The van der Waals surface area contributed by atoms with E-state index in [0.717, 1.165) is 12.8 Å². The normalized spacial score (nSPS) is 18.1. The Morgan fingerprint density at radius 1 is 1.14 bits per heavy atom. The Morgan fingerprint density at radius 2 is 1.71 bits per heavy atom. The van der Waals surface area contributed by atoms with Crippen LogP contribution in [0.4, 0.5) is 4.79 Å². The summed E-state index contributed by atoms with van der Waals surface area (Å²) in [5.41, 5.74) is -1.20. The fraction of sp³-hybridized carbons (Fsp3) is 0.786. The molecule has 1 aliphatic rings. The van der Waals surface area contributed by atoms with Crippen molar-refractivity contribution < 1.29 is 19.5 Å². The van der Waals surface area contributed by atoms with E-state index < -0.39 is 23.6 Å². The standard InChI is InChI=1S/C14H25N3O4/c1-9(2)8-15-11(18)10(3)16-13(21)17-14(12(19)20)6-4-5-7-14/h9-10H,4-8H2,1-3H3,(H,15,18)(H,19,20)(H2,16,17,21). The SMILES string of the molecule is CC(C)CNC(=O)C(C)NC(=O)NC1(C(=O)O)CCCC1. The van der Waals surface area contributed by atoms with E-state index in [1.807, 2.05) is 13.8 Å². The largest absolute Gasteiger partial charge is 0.480 e. The number of rotatable bonds is 6. The summed E-state index contributed by atoms with van der Waals surface area (Å²) in [5.74, 6) is -0.981. The molecule has 3 amide bonds. The minimum atomic E-state index is -1.20. The van der Waals surface area contributed by atoms with Crippen LogP contribution in [0.1, 0.15) is 46.5 Å². The van der Waals surface area contributed by atoms with Crippen molar-refractivity contribution in [2.45, 2.75) is 58.0 Å². The van der Waals surface area contributed by atoms with E-state index in [-0.39, 0.29) is 5.91 Å². The fourth-order valence-corrected chi connectivity index (χ4v) is 2.34. The number of carboxylic acid groups (broad SMARTS) is 1. The molecule has 1 aliphatic carbocycles. The summed E-state index contributed by atoms with van der Waals surface area (Å²) in [4.78, 5) is 35.0. The maximum Gasteiger partial charge on any atom is 0.329 e.